The molecule has 1 atom stereocenters. The van der Waals surface area contributed by atoms with Gasteiger partial charge in [0.15, 0.2) is 11.6 Å². The molecule has 1 aromatic rings. The first-order chi connectivity index (χ1) is 9.41. The Balaban J connectivity index is 2.12. The van der Waals surface area contributed by atoms with Crippen molar-refractivity contribution in [2.45, 2.75) is 6.04 Å². The minimum atomic E-state index is -1.02. The van der Waals surface area contributed by atoms with Crippen molar-refractivity contribution in [2.75, 3.05) is 26.7 Å². The lowest BCUT2D eigenvalue weighted by molar-refractivity contribution is -0.155. The molecule has 20 heavy (non-hydrogen) atoms. The van der Waals surface area contributed by atoms with Crippen LogP contribution in [-0.2, 0) is 9.59 Å². The molecule has 108 valence electrons. The maximum Gasteiger partial charge on any atom is 0.312 e. The number of carbonyl (C=O) groups excluding carboxylic acids is 2. The smallest absolute Gasteiger partial charge is 0.312 e. The zero-order chi connectivity index (χ0) is 14.9. The van der Waals surface area contributed by atoms with Gasteiger partial charge in [0.2, 0.25) is 0 Å². The van der Waals surface area contributed by atoms with Crippen molar-refractivity contribution in [1.29, 1.82) is 0 Å². The van der Waals surface area contributed by atoms with E-state index >= 15 is 0 Å². The molecule has 0 bridgehead atoms. The van der Waals surface area contributed by atoms with Crippen LogP contribution in [0.4, 0.5) is 8.78 Å². The Morgan fingerprint density at radius 2 is 1.95 bits per heavy atom. The van der Waals surface area contributed by atoms with Crippen molar-refractivity contribution in [3.63, 3.8) is 0 Å². The Bertz CT molecular complexity index is 550. The monoisotopic (exact) mass is 283 g/mol. The Labute approximate surface area is 114 Å². The summed E-state index contributed by atoms with van der Waals surface area (Å²) in [6, 6.07) is 2.83. The molecule has 5 nitrogen and oxygen atoms in total. The van der Waals surface area contributed by atoms with E-state index in [4.69, 9.17) is 5.73 Å². The van der Waals surface area contributed by atoms with Crippen LogP contribution in [0.3, 0.4) is 0 Å². The first-order valence-corrected chi connectivity index (χ1v) is 6.15. The number of halogens is 2. The number of nitrogens with zero attached hydrogens (tertiary/aromatic N) is 2. The molecule has 1 fully saturated rings. The molecular formula is C13H15F2N3O2. The number of hydrogen-bond donors (Lipinski definition) is 1. The number of benzene rings is 1. The van der Waals surface area contributed by atoms with Crippen molar-refractivity contribution in [3.05, 3.63) is 35.4 Å². The first-order valence-electron chi connectivity index (χ1n) is 6.15. The van der Waals surface area contributed by atoms with Gasteiger partial charge in [-0.25, -0.2) is 8.78 Å². The quantitative estimate of drug-likeness (QED) is 0.809. The van der Waals surface area contributed by atoms with Crippen LogP contribution in [0, 0.1) is 11.6 Å². The average Bonchev–Trinajstić information content (AvgIpc) is 2.42. The first kappa shape index (κ1) is 14.4. The maximum atomic E-state index is 13.6. The van der Waals surface area contributed by atoms with Gasteiger partial charge < -0.3 is 15.5 Å². The van der Waals surface area contributed by atoms with E-state index in [0.717, 1.165) is 6.07 Å². The fourth-order valence-corrected chi connectivity index (χ4v) is 2.09. The molecule has 1 saturated heterocycles. The lowest BCUT2D eigenvalue weighted by atomic mass is 10.1. The molecule has 2 amide bonds. The fraction of sp³-hybridized carbons (Fsp3) is 0.385. The van der Waals surface area contributed by atoms with E-state index in [1.54, 1.807) is 0 Å². The topological polar surface area (TPSA) is 66.6 Å². The highest BCUT2D eigenvalue weighted by atomic mass is 19.2. The average molecular weight is 283 g/mol. The third-order valence-corrected chi connectivity index (χ3v) is 3.32. The van der Waals surface area contributed by atoms with Crippen molar-refractivity contribution in [2.24, 2.45) is 5.73 Å². The molecule has 0 saturated carbocycles. The van der Waals surface area contributed by atoms with Crippen LogP contribution in [0.1, 0.15) is 11.6 Å². The summed E-state index contributed by atoms with van der Waals surface area (Å²) < 4.78 is 26.7. The molecular weight excluding hydrogens is 268 g/mol. The van der Waals surface area contributed by atoms with Crippen molar-refractivity contribution in [3.8, 4) is 0 Å². The van der Waals surface area contributed by atoms with E-state index in [-0.39, 0.29) is 12.1 Å². The Kier molecular flexibility index (Phi) is 3.99. The lowest BCUT2D eigenvalue weighted by Gasteiger charge is -2.33. The molecule has 1 aliphatic heterocycles. The second kappa shape index (κ2) is 5.54. The summed E-state index contributed by atoms with van der Waals surface area (Å²) in [7, 11) is 1.53. The number of likely N-dealkylation sites (N-methyl/N-ethyl adjacent to an activating group) is 1. The summed E-state index contributed by atoms with van der Waals surface area (Å²) in [4.78, 5) is 25.9. The summed E-state index contributed by atoms with van der Waals surface area (Å²) >= 11 is 0. The van der Waals surface area contributed by atoms with Gasteiger partial charge in [0.05, 0.1) is 6.04 Å². The van der Waals surface area contributed by atoms with Gasteiger partial charge >= 0.3 is 11.8 Å². The summed E-state index contributed by atoms with van der Waals surface area (Å²) in [6.07, 6.45) is 0. The summed E-state index contributed by atoms with van der Waals surface area (Å²) in [6.45, 7) is 0.688. The molecule has 1 aromatic carbocycles. The van der Waals surface area contributed by atoms with Gasteiger partial charge in [-0.1, -0.05) is 12.1 Å². The van der Waals surface area contributed by atoms with E-state index in [1.807, 2.05) is 0 Å². The molecule has 7 heteroatoms. The van der Waals surface area contributed by atoms with Gasteiger partial charge in [-0.05, 0) is 6.07 Å². The highest BCUT2D eigenvalue weighted by Crippen LogP contribution is 2.19. The van der Waals surface area contributed by atoms with E-state index in [2.05, 4.69) is 0 Å². The second-order valence-corrected chi connectivity index (χ2v) is 4.73. The van der Waals surface area contributed by atoms with Crippen molar-refractivity contribution in [1.82, 2.24) is 9.80 Å². The summed E-state index contributed by atoms with van der Waals surface area (Å²) in [5.74, 6) is -3.30. The molecule has 1 aliphatic rings. The highest BCUT2D eigenvalue weighted by molar-refractivity contribution is 6.35. The van der Waals surface area contributed by atoms with Crippen LogP contribution in [0.15, 0.2) is 18.2 Å². The van der Waals surface area contributed by atoms with Crippen molar-refractivity contribution < 1.29 is 18.4 Å². The Hall–Kier alpha value is -2.02. The number of hydrogen-bond acceptors (Lipinski definition) is 3. The van der Waals surface area contributed by atoms with Crippen LogP contribution in [0.25, 0.3) is 0 Å². The summed E-state index contributed by atoms with van der Waals surface area (Å²) in [5, 5.41) is 0. The van der Waals surface area contributed by atoms with Gasteiger partial charge in [-0.15, -0.1) is 0 Å². The molecule has 1 heterocycles. The minimum absolute atomic E-state index is 0.0100. The molecule has 2 N–H and O–H groups in total. The zero-order valence-electron chi connectivity index (χ0n) is 11.0. The zero-order valence-corrected chi connectivity index (χ0v) is 11.0. The van der Waals surface area contributed by atoms with Gasteiger partial charge in [0.1, 0.15) is 0 Å². The standard InChI is InChI=1S/C13H15F2N3O2/c1-17-5-6-18(13(20)12(17)19)7-10(16)8-3-2-4-9(14)11(8)15/h2-4,10H,5-7,16H2,1H3. The van der Waals surface area contributed by atoms with Gasteiger partial charge in [-0.3, -0.25) is 9.59 Å². The molecule has 0 radical (unpaired) electrons. The van der Waals surface area contributed by atoms with Gasteiger partial charge in [0, 0.05) is 32.2 Å². The number of amides is 2. The number of nitrogens with two attached hydrogens (primary N) is 1. The van der Waals surface area contributed by atoms with Crippen molar-refractivity contribution >= 4 is 11.8 Å². The van der Waals surface area contributed by atoms with Gasteiger partial charge in [-0.2, -0.15) is 0 Å². The number of rotatable bonds is 3. The van der Waals surface area contributed by atoms with Crippen LogP contribution < -0.4 is 5.73 Å². The van der Waals surface area contributed by atoms with Crippen LogP contribution in [0.5, 0.6) is 0 Å². The predicted molar refractivity (Wildman–Crippen MR) is 67.5 cm³/mol. The third kappa shape index (κ3) is 2.62. The SMILES string of the molecule is CN1CCN(CC(N)c2cccc(F)c2F)C(=O)C1=O. The number of carbonyl (C=O) groups is 2. The third-order valence-electron chi connectivity index (χ3n) is 3.32. The lowest BCUT2D eigenvalue weighted by Crippen LogP contribution is -2.54. The molecule has 0 aliphatic carbocycles. The molecule has 1 unspecified atom stereocenters. The van der Waals surface area contributed by atoms with E-state index in [0.29, 0.717) is 13.1 Å². The Morgan fingerprint density at radius 3 is 2.65 bits per heavy atom. The highest BCUT2D eigenvalue weighted by Gasteiger charge is 2.31. The normalized spacial score (nSPS) is 17.6. The molecule has 0 spiro atoms. The van der Waals surface area contributed by atoms with E-state index in [1.165, 1.54) is 29.0 Å². The van der Waals surface area contributed by atoms with Crippen LogP contribution in [0.2, 0.25) is 0 Å². The minimum Gasteiger partial charge on any atom is -0.336 e. The van der Waals surface area contributed by atoms with Crippen LogP contribution >= 0.6 is 0 Å². The largest absolute Gasteiger partial charge is 0.336 e. The fourth-order valence-electron chi connectivity index (χ4n) is 2.09. The predicted octanol–water partition coefficient (Wildman–Crippen LogP) is 0.265. The molecule has 2 rings (SSSR count). The second-order valence-electron chi connectivity index (χ2n) is 4.73. The number of piperazine rings is 1. The van der Waals surface area contributed by atoms with E-state index < -0.39 is 29.5 Å². The van der Waals surface area contributed by atoms with Gasteiger partial charge in [0.25, 0.3) is 0 Å². The Morgan fingerprint density at radius 1 is 1.25 bits per heavy atom. The maximum absolute atomic E-state index is 13.6. The van der Waals surface area contributed by atoms with E-state index in [9.17, 15) is 18.4 Å². The summed E-state index contributed by atoms with van der Waals surface area (Å²) in [5.41, 5.74) is 5.80. The van der Waals surface area contributed by atoms with Crippen LogP contribution in [-0.4, -0.2) is 48.3 Å². The molecule has 0 aromatic heterocycles.